The van der Waals surface area contributed by atoms with Gasteiger partial charge in [0, 0.05) is 24.2 Å². The molecule has 9 heteroatoms. The molecule has 2 aromatic heterocycles. The summed E-state index contributed by atoms with van der Waals surface area (Å²) in [5, 5.41) is 13.8. The van der Waals surface area contributed by atoms with Crippen LogP contribution in [0, 0.1) is 17.3 Å². The van der Waals surface area contributed by atoms with Crippen molar-refractivity contribution < 1.29 is 29.0 Å². The highest BCUT2D eigenvalue weighted by Crippen LogP contribution is 2.35. The molecule has 0 saturated carbocycles. The van der Waals surface area contributed by atoms with E-state index in [-0.39, 0.29) is 37.8 Å². The lowest BCUT2D eigenvalue weighted by atomic mass is 9.77. The van der Waals surface area contributed by atoms with Crippen molar-refractivity contribution in [1.82, 2.24) is 9.88 Å². The van der Waals surface area contributed by atoms with E-state index >= 15 is 0 Å². The molecule has 3 rings (SSSR count). The number of aromatic nitrogens is 1. The summed E-state index contributed by atoms with van der Waals surface area (Å²) < 4.78 is 10.7. The van der Waals surface area contributed by atoms with Crippen molar-refractivity contribution in [3.63, 3.8) is 0 Å². The zero-order valence-electron chi connectivity index (χ0n) is 19.3. The standard InChI is InChI=1S/C24H30N2O6S/c1-24(2,3)19(9-21(27)31-4)22(28)26-12-15(7-20(26)23(29)30)13-32-18-8-17(10-25-11-18)16-5-6-33-14-16/h5-6,8,10-11,14-15,19-20H,7,9,12-13H2,1-4H3,(H,29,30)/t15-,19-,20+/m1/s1. The molecule has 1 aliphatic rings. The van der Waals surface area contributed by atoms with E-state index in [0.29, 0.717) is 5.75 Å². The first-order valence-electron chi connectivity index (χ1n) is 10.8. The van der Waals surface area contributed by atoms with Crippen LogP contribution in [0.2, 0.25) is 0 Å². The summed E-state index contributed by atoms with van der Waals surface area (Å²) in [6.45, 7) is 6.09. The van der Waals surface area contributed by atoms with Gasteiger partial charge in [-0.2, -0.15) is 11.3 Å². The second kappa shape index (κ2) is 10.3. The fraction of sp³-hybridized carbons (Fsp3) is 0.500. The molecule has 0 bridgehead atoms. The quantitative estimate of drug-likeness (QED) is 0.581. The zero-order valence-corrected chi connectivity index (χ0v) is 20.1. The molecule has 0 spiro atoms. The number of likely N-dealkylation sites (tertiary alicyclic amines) is 1. The van der Waals surface area contributed by atoms with Crippen LogP contribution in [-0.2, 0) is 19.1 Å². The van der Waals surface area contributed by atoms with E-state index in [4.69, 9.17) is 9.47 Å². The highest BCUT2D eigenvalue weighted by atomic mass is 32.1. The summed E-state index contributed by atoms with van der Waals surface area (Å²) in [6.07, 6.45) is 3.57. The van der Waals surface area contributed by atoms with Crippen molar-refractivity contribution in [2.24, 2.45) is 17.3 Å². The molecule has 1 fully saturated rings. The Labute approximate surface area is 197 Å². The summed E-state index contributed by atoms with van der Waals surface area (Å²) in [4.78, 5) is 42.8. The van der Waals surface area contributed by atoms with Crippen LogP contribution >= 0.6 is 11.3 Å². The molecule has 1 N–H and O–H groups in total. The Balaban J connectivity index is 1.70. The third-order valence-electron chi connectivity index (χ3n) is 5.95. The lowest BCUT2D eigenvalue weighted by molar-refractivity contribution is -0.154. The molecule has 0 aromatic carbocycles. The van der Waals surface area contributed by atoms with E-state index in [9.17, 15) is 19.5 Å². The van der Waals surface area contributed by atoms with E-state index in [1.165, 1.54) is 12.0 Å². The first-order valence-corrected chi connectivity index (χ1v) is 11.7. The number of aliphatic carboxylic acids is 1. The van der Waals surface area contributed by atoms with Gasteiger partial charge < -0.3 is 19.5 Å². The van der Waals surface area contributed by atoms with Gasteiger partial charge in [0.2, 0.25) is 5.91 Å². The molecule has 0 aliphatic carbocycles. The minimum absolute atomic E-state index is 0.0934. The third-order valence-corrected chi connectivity index (χ3v) is 6.63. The number of nitrogens with zero attached hydrogens (tertiary/aromatic N) is 2. The number of esters is 1. The van der Waals surface area contributed by atoms with Gasteiger partial charge in [-0.1, -0.05) is 20.8 Å². The van der Waals surface area contributed by atoms with Gasteiger partial charge in [-0.05, 0) is 40.3 Å². The molecule has 0 radical (unpaired) electrons. The maximum atomic E-state index is 13.4. The molecule has 1 saturated heterocycles. The van der Waals surface area contributed by atoms with Crippen molar-refractivity contribution in [3.05, 3.63) is 35.3 Å². The predicted octanol–water partition coefficient (Wildman–Crippen LogP) is 3.72. The number of carboxylic acids is 1. The van der Waals surface area contributed by atoms with Gasteiger partial charge in [0.1, 0.15) is 11.8 Å². The number of pyridine rings is 1. The monoisotopic (exact) mass is 474 g/mol. The van der Waals surface area contributed by atoms with E-state index in [1.807, 2.05) is 43.7 Å². The summed E-state index contributed by atoms with van der Waals surface area (Å²) in [7, 11) is 1.28. The maximum absolute atomic E-state index is 13.4. The van der Waals surface area contributed by atoms with Gasteiger partial charge in [-0.15, -0.1) is 0 Å². The summed E-state index contributed by atoms with van der Waals surface area (Å²) >= 11 is 1.60. The first kappa shape index (κ1) is 24.7. The summed E-state index contributed by atoms with van der Waals surface area (Å²) in [6, 6.07) is 2.94. The fourth-order valence-corrected chi connectivity index (χ4v) is 4.70. The average Bonchev–Trinajstić information content (AvgIpc) is 3.45. The van der Waals surface area contributed by atoms with Crippen LogP contribution in [0.3, 0.4) is 0 Å². The molecule has 3 heterocycles. The number of rotatable bonds is 8. The van der Waals surface area contributed by atoms with Crippen molar-refractivity contribution in [2.45, 2.75) is 39.7 Å². The highest BCUT2D eigenvalue weighted by molar-refractivity contribution is 7.08. The van der Waals surface area contributed by atoms with Gasteiger partial charge in [0.25, 0.3) is 0 Å². The van der Waals surface area contributed by atoms with Crippen LogP contribution in [0.5, 0.6) is 5.75 Å². The molecule has 8 nitrogen and oxygen atoms in total. The fourth-order valence-electron chi connectivity index (χ4n) is 4.03. The van der Waals surface area contributed by atoms with E-state index < -0.39 is 29.3 Å². The smallest absolute Gasteiger partial charge is 0.326 e. The number of hydrogen-bond acceptors (Lipinski definition) is 7. The first-order chi connectivity index (χ1) is 15.6. The molecule has 33 heavy (non-hydrogen) atoms. The number of carbonyl (C=O) groups excluding carboxylic acids is 2. The molecule has 3 atom stereocenters. The average molecular weight is 475 g/mol. The van der Waals surface area contributed by atoms with Crippen molar-refractivity contribution in [2.75, 3.05) is 20.3 Å². The SMILES string of the molecule is COC(=O)C[C@H](C(=O)N1C[C@H](COc2cncc(-c3ccsc3)c2)C[C@H]1C(=O)O)C(C)(C)C. The lowest BCUT2D eigenvalue weighted by Gasteiger charge is -2.33. The van der Waals surface area contributed by atoms with Crippen LogP contribution in [-0.4, -0.2) is 59.1 Å². The van der Waals surface area contributed by atoms with Gasteiger partial charge >= 0.3 is 11.9 Å². The number of amides is 1. The molecule has 2 aromatic rings. The number of carboxylic acid groups (broad SMARTS) is 1. The Bertz CT molecular complexity index is 985. The van der Waals surface area contributed by atoms with Gasteiger partial charge in [0.15, 0.2) is 0 Å². The topological polar surface area (TPSA) is 106 Å². The van der Waals surface area contributed by atoms with Crippen LogP contribution in [0.15, 0.2) is 35.3 Å². The van der Waals surface area contributed by atoms with Gasteiger partial charge in [-0.3, -0.25) is 14.6 Å². The Hall–Kier alpha value is -2.94. The predicted molar refractivity (Wildman–Crippen MR) is 124 cm³/mol. The number of hydrogen-bond donors (Lipinski definition) is 1. The number of methoxy groups -OCH3 is 1. The second-order valence-corrected chi connectivity index (χ2v) is 10.2. The molecule has 1 amide bonds. The van der Waals surface area contributed by atoms with Crippen LogP contribution in [0.25, 0.3) is 11.1 Å². The normalized spacial score (nSPS) is 19.2. The zero-order chi connectivity index (χ0) is 24.2. The highest BCUT2D eigenvalue weighted by Gasteiger charge is 2.45. The number of ether oxygens (including phenoxy) is 2. The molecule has 1 aliphatic heterocycles. The van der Waals surface area contributed by atoms with Crippen LogP contribution < -0.4 is 4.74 Å². The Morgan fingerprint density at radius 1 is 1.27 bits per heavy atom. The minimum atomic E-state index is -1.06. The van der Waals surface area contributed by atoms with Crippen LogP contribution in [0.1, 0.15) is 33.6 Å². The molecule has 0 unspecified atom stereocenters. The Morgan fingerprint density at radius 3 is 2.64 bits per heavy atom. The minimum Gasteiger partial charge on any atom is -0.492 e. The van der Waals surface area contributed by atoms with E-state index in [2.05, 4.69) is 4.98 Å². The maximum Gasteiger partial charge on any atom is 0.326 e. The molecular weight excluding hydrogens is 444 g/mol. The number of carbonyl (C=O) groups is 3. The summed E-state index contributed by atoms with van der Waals surface area (Å²) in [5.41, 5.74) is 1.47. The Kier molecular flexibility index (Phi) is 7.73. The van der Waals surface area contributed by atoms with Crippen molar-refractivity contribution in [1.29, 1.82) is 0 Å². The van der Waals surface area contributed by atoms with E-state index in [0.717, 1.165) is 11.1 Å². The van der Waals surface area contributed by atoms with Crippen molar-refractivity contribution >= 4 is 29.2 Å². The van der Waals surface area contributed by atoms with Gasteiger partial charge in [-0.25, -0.2) is 4.79 Å². The summed E-state index contributed by atoms with van der Waals surface area (Å²) in [5.74, 6) is -2.14. The number of thiophene rings is 1. The molecular formula is C24H30N2O6S. The second-order valence-electron chi connectivity index (χ2n) is 9.38. The molecule has 178 valence electrons. The Morgan fingerprint density at radius 2 is 2.03 bits per heavy atom. The third kappa shape index (κ3) is 6.10. The van der Waals surface area contributed by atoms with Crippen LogP contribution in [0.4, 0.5) is 0 Å². The van der Waals surface area contributed by atoms with E-state index in [1.54, 1.807) is 23.7 Å². The largest absolute Gasteiger partial charge is 0.492 e. The lowest BCUT2D eigenvalue weighted by Crippen LogP contribution is -2.47. The van der Waals surface area contributed by atoms with Gasteiger partial charge in [0.05, 0.1) is 32.3 Å². The van der Waals surface area contributed by atoms with Crippen molar-refractivity contribution in [3.8, 4) is 16.9 Å².